The third kappa shape index (κ3) is 9.13. The molecule has 16 heavy (non-hydrogen) atoms. The summed E-state index contributed by atoms with van der Waals surface area (Å²) in [7, 11) is 6.47. The van der Waals surface area contributed by atoms with E-state index in [0.29, 0.717) is 5.41 Å². The van der Waals surface area contributed by atoms with Crippen LogP contribution < -0.4 is 5.73 Å². The second-order valence-electron chi connectivity index (χ2n) is 5.93. The first-order valence-electron chi connectivity index (χ1n) is 6.41. The monoisotopic (exact) mass is 229 g/mol. The van der Waals surface area contributed by atoms with Gasteiger partial charge in [0, 0.05) is 0 Å². The standard InChI is InChI=1S/C13H31N3/c1-13(2,12-14)8-6-10-16(5)11-7-9-15(3)4/h6-12,14H2,1-5H3. The van der Waals surface area contributed by atoms with E-state index in [1.54, 1.807) is 0 Å². The summed E-state index contributed by atoms with van der Waals surface area (Å²) in [5.74, 6) is 0. The topological polar surface area (TPSA) is 32.5 Å². The van der Waals surface area contributed by atoms with Gasteiger partial charge in [0.05, 0.1) is 0 Å². The molecule has 0 aliphatic carbocycles. The van der Waals surface area contributed by atoms with Crippen LogP contribution in [-0.2, 0) is 0 Å². The second kappa shape index (κ2) is 8.04. The molecule has 0 aliphatic rings. The van der Waals surface area contributed by atoms with Crippen molar-refractivity contribution in [1.29, 1.82) is 0 Å². The maximum Gasteiger partial charge on any atom is -0.000960 e. The predicted octanol–water partition coefficient (Wildman–Crippen LogP) is 1.64. The van der Waals surface area contributed by atoms with Crippen LogP contribution in [0.3, 0.4) is 0 Å². The van der Waals surface area contributed by atoms with Crippen LogP contribution in [0.1, 0.15) is 33.1 Å². The van der Waals surface area contributed by atoms with Gasteiger partial charge in [0.1, 0.15) is 0 Å². The van der Waals surface area contributed by atoms with Crippen molar-refractivity contribution in [2.45, 2.75) is 33.1 Å². The Morgan fingerprint density at radius 2 is 1.50 bits per heavy atom. The Bertz CT molecular complexity index is 167. The molecule has 98 valence electrons. The number of rotatable bonds is 9. The van der Waals surface area contributed by atoms with Gasteiger partial charge >= 0.3 is 0 Å². The Morgan fingerprint density at radius 3 is 2.00 bits per heavy atom. The smallest absolute Gasteiger partial charge is 0.000960 e. The Morgan fingerprint density at radius 1 is 0.938 bits per heavy atom. The van der Waals surface area contributed by atoms with Crippen molar-refractivity contribution in [3.05, 3.63) is 0 Å². The molecule has 0 aliphatic heterocycles. The molecule has 0 heterocycles. The minimum atomic E-state index is 0.310. The average Bonchev–Trinajstić information content (AvgIpc) is 2.17. The highest BCUT2D eigenvalue weighted by Crippen LogP contribution is 2.20. The minimum absolute atomic E-state index is 0.310. The van der Waals surface area contributed by atoms with E-state index in [4.69, 9.17) is 5.73 Å². The first kappa shape index (κ1) is 15.9. The van der Waals surface area contributed by atoms with E-state index in [2.05, 4.69) is 44.8 Å². The quantitative estimate of drug-likeness (QED) is 0.652. The average molecular weight is 229 g/mol. The normalized spacial score (nSPS) is 12.8. The van der Waals surface area contributed by atoms with Crippen molar-refractivity contribution in [2.75, 3.05) is 47.3 Å². The Balaban J connectivity index is 3.47. The first-order valence-corrected chi connectivity index (χ1v) is 6.41. The van der Waals surface area contributed by atoms with Gasteiger partial charge in [-0.25, -0.2) is 0 Å². The fourth-order valence-corrected chi connectivity index (χ4v) is 1.70. The molecular weight excluding hydrogens is 198 g/mol. The van der Waals surface area contributed by atoms with Crippen LogP contribution >= 0.6 is 0 Å². The van der Waals surface area contributed by atoms with Crippen LogP contribution in [0.4, 0.5) is 0 Å². The van der Waals surface area contributed by atoms with Crippen LogP contribution in [0.15, 0.2) is 0 Å². The molecule has 0 spiro atoms. The van der Waals surface area contributed by atoms with Gasteiger partial charge in [0.15, 0.2) is 0 Å². The predicted molar refractivity (Wildman–Crippen MR) is 72.7 cm³/mol. The highest BCUT2D eigenvalue weighted by Gasteiger charge is 2.14. The molecule has 0 aromatic carbocycles. The minimum Gasteiger partial charge on any atom is -0.330 e. The lowest BCUT2D eigenvalue weighted by Gasteiger charge is -2.24. The summed E-state index contributed by atoms with van der Waals surface area (Å²) in [5, 5.41) is 0. The maximum atomic E-state index is 5.72. The molecular formula is C13H31N3. The van der Waals surface area contributed by atoms with Gasteiger partial charge in [-0.3, -0.25) is 0 Å². The fraction of sp³-hybridized carbons (Fsp3) is 1.00. The number of nitrogens with two attached hydrogens (primary N) is 1. The van der Waals surface area contributed by atoms with E-state index in [9.17, 15) is 0 Å². The van der Waals surface area contributed by atoms with E-state index in [1.165, 1.54) is 38.9 Å². The number of hydrogen-bond acceptors (Lipinski definition) is 3. The van der Waals surface area contributed by atoms with Crippen LogP contribution in [0, 0.1) is 5.41 Å². The zero-order chi connectivity index (χ0) is 12.6. The third-order valence-corrected chi connectivity index (χ3v) is 3.09. The summed E-state index contributed by atoms with van der Waals surface area (Å²) in [4.78, 5) is 4.67. The molecule has 0 unspecified atom stereocenters. The summed E-state index contributed by atoms with van der Waals surface area (Å²) < 4.78 is 0. The molecule has 0 aromatic rings. The van der Waals surface area contributed by atoms with Gasteiger partial charge in [-0.05, 0) is 72.0 Å². The SMILES string of the molecule is CN(C)CCCN(C)CCCC(C)(C)CN. The fourth-order valence-electron chi connectivity index (χ4n) is 1.70. The van der Waals surface area contributed by atoms with Gasteiger partial charge in [-0.15, -0.1) is 0 Å². The van der Waals surface area contributed by atoms with Crippen molar-refractivity contribution < 1.29 is 0 Å². The number of hydrogen-bond donors (Lipinski definition) is 1. The lowest BCUT2D eigenvalue weighted by Crippen LogP contribution is -2.27. The molecule has 2 N–H and O–H groups in total. The summed E-state index contributed by atoms with van der Waals surface area (Å²) in [6, 6.07) is 0. The lowest BCUT2D eigenvalue weighted by atomic mass is 9.88. The molecule has 0 atom stereocenters. The van der Waals surface area contributed by atoms with Crippen molar-refractivity contribution in [3.63, 3.8) is 0 Å². The summed E-state index contributed by atoms with van der Waals surface area (Å²) in [6.07, 6.45) is 3.73. The molecule has 0 saturated heterocycles. The molecule has 0 rings (SSSR count). The van der Waals surface area contributed by atoms with E-state index < -0.39 is 0 Å². The summed E-state index contributed by atoms with van der Waals surface area (Å²) in [6.45, 7) is 8.85. The van der Waals surface area contributed by atoms with Crippen LogP contribution in [0.25, 0.3) is 0 Å². The van der Waals surface area contributed by atoms with Crippen LogP contribution in [0.5, 0.6) is 0 Å². The van der Waals surface area contributed by atoms with Crippen LogP contribution in [-0.4, -0.2) is 57.1 Å². The van der Waals surface area contributed by atoms with Gasteiger partial charge < -0.3 is 15.5 Å². The van der Waals surface area contributed by atoms with E-state index >= 15 is 0 Å². The number of nitrogens with zero attached hydrogens (tertiary/aromatic N) is 2. The zero-order valence-electron chi connectivity index (χ0n) is 11.9. The molecule has 0 aromatic heterocycles. The Labute approximate surface area is 102 Å². The van der Waals surface area contributed by atoms with E-state index in [-0.39, 0.29) is 0 Å². The first-order chi connectivity index (χ1) is 7.37. The summed E-state index contributed by atoms with van der Waals surface area (Å²) in [5.41, 5.74) is 6.03. The van der Waals surface area contributed by atoms with E-state index in [0.717, 1.165) is 6.54 Å². The summed E-state index contributed by atoms with van der Waals surface area (Å²) >= 11 is 0. The van der Waals surface area contributed by atoms with Gasteiger partial charge in [-0.2, -0.15) is 0 Å². The largest absolute Gasteiger partial charge is 0.330 e. The zero-order valence-corrected chi connectivity index (χ0v) is 11.9. The van der Waals surface area contributed by atoms with Crippen molar-refractivity contribution in [1.82, 2.24) is 9.80 Å². The lowest BCUT2D eigenvalue weighted by molar-refractivity contribution is 0.265. The molecule has 3 heteroatoms. The highest BCUT2D eigenvalue weighted by molar-refractivity contribution is 4.69. The third-order valence-electron chi connectivity index (χ3n) is 3.09. The molecule has 0 amide bonds. The Hall–Kier alpha value is -0.120. The molecule has 0 radical (unpaired) electrons. The van der Waals surface area contributed by atoms with Gasteiger partial charge in [-0.1, -0.05) is 13.8 Å². The van der Waals surface area contributed by atoms with Crippen molar-refractivity contribution >= 4 is 0 Å². The second-order valence-corrected chi connectivity index (χ2v) is 5.93. The van der Waals surface area contributed by atoms with Crippen LogP contribution in [0.2, 0.25) is 0 Å². The molecule has 3 nitrogen and oxygen atoms in total. The van der Waals surface area contributed by atoms with Crippen molar-refractivity contribution in [2.24, 2.45) is 11.1 Å². The maximum absolute atomic E-state index is 5.72. The molecule has 0 bridgehead atoms. The van der Waals surface area contributed by atoms with Gasteiger partial charge in [0.25, 0.3) is 0 Å². The van der Waals surface area contributed by atoms with E-state index in [1.807, 2.05) is 0 Å². The van der Waals surface area contributed by atoms with Crippen molar-refractivity contribution in [3.8, 4) is 0 Å². The highest BCUT2D eigenvalue weighted by atomic mass is 15.1. The molecule has 0 fully saturated rings. The molecule has 0 saturated carbocycles. The Kier molecular flexibility index (Phi) is 7.98. The van der Waals surface area contributed by atoms with Gasteiger partial charge in [0.2, 0.25) is 0 Å².